The molecule has 0 radical (unpaired) electrons. The number of benzene rings is 2. The summed E-state index contributed by atoms with van der Waals surface area (Å²) < 4.78 is 60.4. The molecule has 0 heterocycles. The number of nitrogens with one attached hydrogen (secondary N) is 2. The van der Waals surface area contributed by atoms with E-state index < -0.39 is 28.6 Å². The van der Waals surface area contributed by atoms with Gasteiger partial charge in [0.25, 0.3) is 5.91 Å². The van der Waals surface area contributed by atoms with E-state index in [1.807, 2.05) is 0 Å². The van der Waals surface area contributed by atoms with Crippen LogP contribution >= 0.6 is 0 Å². The Balaban J connectivity index is 2.03. The minimum atomic E-state index is -3.73. The molecular formula is C18H20F2N2O5S. The second-order valence-electron chi connectivity index (χ2n) is 5.86. The van der Waals surface area contributed by atoms with Crippen LogP contribution in [0.3, 0.4) is 0 Å². The van der Waals surface area contributed by atoms with Crippen LogP contribution in [0.5, 0.6) is 5.75 Å². The predicted molar refractivity (Wildman–Crippen MR) is 99.1 cm³/mol. The van der Waals surface area contributed by atoms with Crippen LogP contribution < -0.4 is 14.8 Å². The normalized spacial score (nSPS) is 12.6. The Labute approximate surface area is 161 Å². The first kappa shape index (κ1) is 21.7. The molecule has 2 aromatic rings. The van der Waals surface area contributed by atoms with Gasteiger partial charge in [-0.05, 0) is 55.5 Å². The number of carbonyl (C=O) groups excluding carboxylic acids is 1. The summed E-state index contributed by atoms with van der Waals surface area (Å²) in [6.45, 7) is -1.04. The van der Waals surface area contributed by atoms with E-state index in [-0.39, 0.29) is 22.8 Å². The maximum atomic E-state index is 12.3. The molecular weight excluding hydrogens is 394 g/mol. The Hall–Kier alpha value is -2.56. The summed E-state index contributed by atoms with van der Waals surface area (Å²) in [4.78, 5) is 12.3. The van der Waals surface area contributed by atoms with Crippen molar-refractivity contribution in [1.82, 2.24) is 4.72 Å². The van der Waals surface area contributed by atoms with Crippen molar-refractivity contribution < 1.29 is 31.5 Å². The highest BCUT2D eigenvalue weighted by molar-refractivity contribution is 7.89. The van der Waals surface area contributed by atoms with Gasteiger partial charge < -0.3 is 14.8 Å². The molecule has 2 aromatic carbocycles. The van der Waals surface area contributed by atoms with Gasteiger partial charge in [-0.3, -0.25) is 4.79 Å². The molecule has 7 nitrogen and oxygen atoms in total. The highest BCUT2D eigenvalue weighted by Gasteiger charge is 2.18. The second-order valence-corrected chi connectivity index (χ2v) is 7.57. The molecule has 0 saturated carbocycles. The number of amides is 1. The van der Waals surface area contributed by atoms with Crippen LogP contribution in [0.2, 0.25) is 0 Å². The zero-order valence-corrected chi connectivity index (χ0v) is 16.0. The van der Waals surface area contributed by atoms with Crippen LogP contribution in [0.25, 0.3) is 0 Å². The molecule has 0 bridgehead atoms. The number of hydrogen-bond acceptors (Lipinski definition) is 5. The Bertz CT molecular complexity index is 887. The van der Waals surface area contributed by atoms with E-state index in [4.69, 9.17) is 4.74 Å². The van der Waals surface area contributed by atoms with Crippen molar-refractivity contribution in [1.29, 1.82) is 0 Å². The summed E-state index contributed by atoms with van der Waals surface area (Å²) in [6, 6.07) is 10.4. The second kappa shape index (κ2) is 9.58. The summed E-state index contributed by atoms with van der Waals surface area (Å²) in [5.74, 6) is -0.509. The SMILES string of the molecule is COC[C@H](C)NS(=O)(=O)c1ccc(C(=O)Nc2ccc(OC(F)F)cc2)cc1. The Morgan fingerprint density at radius 2 is 1.68 bits per heavy atom. The summed E-state index contributed by atoms with van der Waals surface area (Å²) in [6.07, 6.45) is 0. The van der Waals surface area contributed by atoms with Gasteiger partial charge in [0.2, 0.25) is 10.0 Å². The summed E-state index contributed by atoms with van der Waals surface area (Å²) in [7, 11) is -2.26. The number of ether oxygens (including phenoxy) is 2. The van der Waals surface area contributed by atoms with E-state index in [9.17, 15) is 22.0 Å². The van der Waals surface area contributed by atoms with Gasteiger partial charge in [0.05, 0.1) is 11.5 Å². The van der Waals surface area contributed by atoms with Gasteiger partial charge in [0.15, 0.2) is 0 Å². The van der Waals surface area contributed by atoms with Gasteiger partial charge in [-0.1, -0.05) is 0 Å². The molecule has 0 spiro atoms. The van der Waals surface area contributed by atoms with Gasteiger partial charge in [-0.25, -0.2) is 13.1 Å². The third kappa shape index (κ3) is 6.25. The predicted octanol–water partition coefficient (Wildman–Crippen LogP) is 2.85. The van der Waals surface area contributed by atoms with Crippen molar-refractivity contribution in [3.05, 3.63) is 54.1 Å². The average Bonchev–Trinajstić information content (AvgIpc) is 2.63. The van der Waals surface area contributed by atoms with E-state index in [1.165, 1.54) is 55.6 Å². The standard InChI is InChI=1S/C18H20F2N2O5S/c1-12(11-26-2)22-28(24,25)16-9-3-13(4-10-16)17(23)21-14-5-7-15(8-6-14)27-18(19)20/h3-10,12,18,22H,11H2,1-2H3,(H,21,23)/t12-/m0/s1. The van der Waals surface area contributed by atoms with Crippen molar-refractivity contribution in [3.8, 4) is 5.75 Å². The number of carbonyl (C=O) groups is 1. The molecule has 0 unspecified atom stereocenters. The molecule has 0 aliphatic heterocycles. The lowest BCUT2D eigenvalue weighted by Crippen LogP contribution is -2.35. The number of methoxy groups -OCH3 is 1. The molecule has 0 saturated heterocycles. The van der Waals surface area contributed by atoms with E-state index in [0.29, 0.717) is 5.69 Å². The van der Waals surface area contributed by atoms with Crippen LogP contribution in [0, 0.1) is 0 Å². The molecule has 0 aliphatic carbocycles. The number of sulfonamides is 1. The minimum absolute atomic E-state index is 0.0144. The van der Waals surface area contributed by atoms with Gasteiger partial charge in [-0.2, -0.15) is 8.78 Å². The molecule has 1 atom stereocenters. The highest BCUT2D eigenvalue weighted by atomic mass is 32.2. The average molecular weight is 414 g/mol. The minimum Gasteiger partial charge on any atom is -0.435 e. The molecule has 10 heteroatoms. The summed E-state index contributed by atoms with van der Waals surface area (Å²) in [5.41, 5.74) is 0.607. The van der Waals surface area contributed by atoms with E-state index in [2.05, 4.69) is 14.8 Å². The largest absolute Gasteiger partial charge is 0.435 e. The van der Waals surface area contributed by atoms with Crippen molar-refractivity contribution in [2.45, 2.75) is 24.5 Å². The monoisotopic (exact) mass is 414 g/mol. The molecule has 152 valence electrons. The Morgan fingerprint density at radius 1 is 1.07 bits per heavy atom. The van der Waals surface area contributed by atoms with Gasteiger partial charge in [0.1, 0.15) is 5.75 Å². The van der Waals surface area contributed by atoms with Gasteiger partial charge in [0, 0.05) is 24.4 Å². The number of rotatable bonds is 9. The number of anilines is 1. The smallest absolute Gasteiger partial charge is 0.387 e. The van der Waals surface area contributed by atoms with Crippen LogP contribution in [0.4, 0.5) is 14.5 Å². The third-order valence-electron chi connectivity index (χ3n) is 3.54. The van der Waals surface area contributed by atoms with Crippen molar-refractivity contribution in [3.63, 3.8) is 0 Å². The van der Waals surface area contributed by atoms with Gasteiger partial charge in [-0.15, -0.1) is 0 Å². The van der Waals surface area contributed by atoms with E-state index in [0.717, 1.165) is 0 Å². The quantitative estimate of drug-likeness (QED) is 0.658. The highest BCUT2D eigenvalue weighted by Crippen LogP contribution is 2.19. The number of halogens is 2. The molecule has 0 fully saturated rings. The van der Waals surface area contributed by atoms with Crippen LogP contribution in [-0.2, 0) is 14.8 Å². The number of hydrogen-bond donors (Lipinski definition) is 2. The number of alkyl halides is 2. The summed E-state index contributed by atoms with van der Waals surface area (Å²) in [5, 5.41) is 2.58. The topological polar surface area (TPSA) is 93.7 Å². The fraction of sp³-hybridized carbons (Fsp3) is 0.278. The first-order valence-electron chi connectivity index (χ1n) is 8.19. The zero-order chi connectivity index (χ0) is 20.7. The first-order valence-corrected chi connectivity index (χ1v) is 9.67. The van der Waals surface area contributed by atoms with E-state index in [1.54, 1.807) is 6.92 Å². The molecule has 0 aromatic heterocycles. The first-order chi connectivity index (χ1) is 13.2. The van der Waals surface area contributed by atoms with Crippen molar-refractivity contribution in [2.24, 2.45) is 0 Å². The van der Waals surface area contributed by atoms with Crippen molar-refractivity contribution >= 4 is 21.6 Å². The fourth-order valence-electron chi connectivity index (χ4n) is 2.33. The van der Waals surface area contributed by atoms with E-state index >= 15 is 0 Å². The zero-order valence-electron chi connectivity index (χ0n) is 15.2. The van der Waals surface area contributed by atoms with Gasteiger partial charge >= 0.3 is 6.61 Å². The van der Waals surface area contributed by atoms with Crippen molar-refractivity contribution in [2.75, 3.05) is 19.0 Å². The maximum absolute atomic E-state index is 12.3. The molecule has 1 amide bonds. The Morgan fingerprint density at radius 3 is 2.21 bits per heavy atom. The Kier molecular flexibility index (Phi) is 7.44. The lowest BCUT2D eigenvalue weighted by molar-refractivity contribution is -0.0498. The third-order valence-corrected chi connectivity index (χ3v) is 5.14. The molecule has 2 N–H and O–H groups in total. The lowest BCUT2D eigenvalue weighted by Gasteiger charge is -2.13. The maximum Gasteiger partial charge on any atom is 0.387 e. The molecule has 0 aliphatic rings. The molecule has 28 heavy (non-hydrogen) atoms. The fourth-order valence-corrected chi connectivity index (χ4v) is 3.55. The molecule has 2 rings (SSSR count). The summed E-state index contributed by atoms with van der Waals surface area (Å²) >= 11 is 0. The van der Waals surface area contributed by atoms with Crippen LogP contribution in [0.15, 0.2) is 53.4 Å². The van der Waals surface area contributed by atoms with Crippen LogP contribution in [0.1, 0.15) is 17.3 Å². The van der Waals surface area contributed by atoms with Crippen LogP contribution in [-0.4, -0.2) is 40.7 Å². The lowest BCUT2D eigenvalue weighted by atomic mass is 10.2.